The first-order chi connectivity index (χ1) is 26.0. The number of benzene rings is 8. The van der Waals surface area contributed by atoms with Gasteiger partial charge >= 0.3 is 0 Å². The van der Waals surface area contributed by atoms with Gasteiger partial charge in [-0.3, -0.25) is 0 Å². The summed E-state index contributed by atoms with van der Waals surface area (Å²) < 4.78 is 6.65. The van der Waals surface area contributed by atoms with Crippen molar-refractivity contribution < 1.29 is 4.42 Å². The lowest BCUT2D eigenvalue weighted by Crippen LogP contribution is -2.19. The Morgan fingerprint density at radius 2 is 1.00 bits per heavy atom. The predicted octanol–water partition coefficient (Wildman–Crippen LogP) is 15.3. The number of para-hydroxylation sites is 3. The van der Waals surface area contributed by atoms with Gasteiger partial charge < -0.3 is 9.32 Å². The molecule has 0 saturated carbocycles. The summed E-state index contributed by atoms with van der Waals surface area (Å²) in [4.78, 5) is 2.40. The van der Waals surface area contributed by atoms with Gasteiger partial charge in [0.05, 0.1) is 5.69 Å². The van der Waals surface area contributed by atoms with Crippen LogP contribution in [0.4, 0.5) is 17.1 Å². The minimum Gasteiger partial charge on any atom is -0.454 e. The van der Waals surface area contributed by atoms with Crippen LogP contribution in [-0.4, -0.2) is 0 Å². The van der Waals surface area contributed by atoms with Crippen LogP contribution in [0.2, 0.25) is 0 Å². The Labute approximate surface area is 317 Å². The van der Waals surface area contributed by atoms with Crippen molar-refractivity contribution in [1.29, 1.82) is 0 Å². The monoisotopic (exact) mass is 697 g/mol. The minimum absolute atomic E-state index is 0.0689. The molecule has 0 amide bonds. The van der Waals surface area contributed by atoms with Gasteiger partial charge in [0.1, 0.15) is 5.58 Å². The quantitative estimate of drug-likeness (QED) is 0.182. The van der Waals surface area contributed by atoms with Crippen molar-refractivity contribution in [1.82, 2.24) is 0 Å². The van der Waals surface area contributed by atoms with E-state index in [1.165, 1.54) is 66.1 Å². The Bertz CT molecular complexity index is 2950. The smallest absolute Gasteiger partial charge is 0.159 e. The molecule has 0 spiro atoms. The Morgan fingerprint density at radius 3 is 1.70 bits per heavy atom. The molecule has 0 N–H and O–H groups in total. The number of furan rings is 1. The van der Waals surface area contributed by atoms with Crippen LogP contribution in [-0.2, 0) is 10.8 Å². The molecule has 8 aromatic carbocycles. The molecule has 0 radical (unpaired) electrons. The van der Waals surface area contributed by atoms with Crippen LogP contribution >= 0.6 is 0 Å². The Hall–Kier alpha value is -6.12. The van der Waals surface area contributed by atoms with Crippen molar-refractivity contribution in [2.45, 2.75) is 52.4 Å². The lowest BCUT2D eigenvalue weighted by Gasteiger charge is -2.32. The molecule has 1 aliphatic carbocycles. The van der Waals surface area contributed by atoms with Gasteiger partial charge in [0, 0.05) is 22.1 Å². The summed E-state index contributed by atoms with van der Waals surface area (Å²) in [6.45, 7) is 13.7. The Balaban J connectivity index is 1.08. The number of hydrogen-bond acceptors (Lipinski definition) is 2. The molecule has 10 rings (SSSR count). The summed E-state index contributed by atoms with van der Waals surface area (Å²) in [5, 5.41) is 7.27. The zero-order chi connectivity index (χ0) is 36.9. The molecule has 1 aliphatic rings. The summed E-state index contributed by atoms with van der Waals surface area (Å²) in [6, 6.07) is 56.1. The average molecular weight is 698 g/mol. The topological polar surface area (TPSA) is 16.4 Å². The number of nitrogens with zero attached hydrogens (tertiary/aromatic N) is 1. The van der Waals surface area contributed by atoms with Crippen molar-refractivity contribution in [2.24, 2.45) is 0 Å². The maximum Gasteiger partial charge on any atom is 0.159 e. The first-order valence-corrected chi connectivity index (χ1v) is 19.1. The first-order valence-electron chi connectivity index (χ1n) is 19.1. The molecule has 0 bridgehead atoms. The lowest BCUT2D eigenvalue weighted by atomic mass is 9.77. The second kappa shape index (κ2) is 11.7. The van der Waals surface area contributed by atoms with Crippen LogP contribution in [0, 0.1) is 0 Å². The summed E-state index contributed by atoms with van der Waals surface area (Å²) in [6.07, 6.45) is 0. The van der Waals surface area contributed by atoms with E-state index in [0.717, 1.165) is 39.0 Å². The third-order valence-electron chi connectivity index (χ3n) is 11.4. The van der Waals surface area contributed by atoms with E-state index in [0.29, 0.717) is 0 Å². The molecule has 0 unspecified atom stereocenters. The fourth-order valence-electron chi connectivity index (χ4n) is 8.51. The molecule has 262 valence electrons. The van der Waals surface area contributed by atoms with Crippen LogP contribution in [0.3, 0.4) is 0 Å². The fraction of sp³-hybridized carbons (Fsp3) is 0.154. The predicted molar refractivity (Wildman–Crippen MR) is 231 cm³/mol. The van der Waals surface area contributed by atoms with E-state index < -0.39 is 0 Å². The van der Waals surface area contributed by atoms with Gasteiger partial charge in [0.25, 0.3) is 0 Å². The molecule has 54 heavy (non-hydrogen) atoms. The highest BCUT2D eigenvalue weighted by atomic mass is 16.3. The highest BCUT2D eigenvalue weighted by molar-refractivity contribution is 6.13. The number of anilines is 3. The zero-order valence-corrected chi connectivity index (χ0v) is 31.8. The Morgan fingerprint density at radius 1 is 0.426 bits per heavy atom. The second-order valence-electron chi connectivity index (χ2n) is 17.1. The molecule has 1 aromatic heterocycles. The van der Waals surface area contributed by atoms with E-state index in [9.17, 15) is 0 Å². The maximum absolute atomic E-state index is 6.65. The van der Waals surface area contributed by atoms with Crippen molar-refractivity contribution in [3.8, 4) is 33.4 Å². The van der Waals surface area contributed by atoms with Crippen LogP contribution in [0.25, 0.3) is 76.9 Å². The molecule has 0 saturated heterocycles. The van der Waals surface area contributed by atoms with Gasteiger partial charge in [-0.15, -0.1) is 0 Å². The minimum atomic E-state index is -0.0689. The second-order valence-corrected chi connectivity index (χ2v) is 17.1. The normalized spacial score (nSPS) is 12.6. The molecule has 1 heterocycles. The van der Waals surface area contributed by atoms with Gasteiger partial charge in [0.2, 0.25) is 0 Å². The van der Waals surface area contributed by atoms with Crippen LogP contribution in [0.5, 0.6) is 0 Å². The molecular weight excluding hydrogens is 655 g/mol. The average Bonchev–Trinajstić information content (AvgIpc) is 3.56. The molecule has 0 aliphatic heterocycles. The molecule has 0 fully saturated rings. The molecule has 2 heteroatoms. The van der Waals surface area contributed by atoms with Crippen molar-refractivity contribution in [2.75, 3.05) is 4.90 Å². The van der Waals surface area contributed by atoms with Gasteiger partial charge in [-0.2, -0.15) is 0 Å². The van der Waals surface area contributed by atoms with Crippen molar-refractivity contribution in [3.05, 3.63) is 163 Å². The van der Waals surface area contributed by atoms with Gasteiger partial charge in [-0.1, -0.05) is 133 Å². The third-order valence-corrected chi connectivity index (χ3v) is 11.4. The molecule has 9 aromatic rings. The maximum atomic E-state index is 6.65. The van der Waals surface area contributed by atoms with Crippen LogP contribution in [0.1, 0.15) is 52.7 Å². The number of rotatable bonds is 4. The van der Waals surface area contributed by atoms with E-state index in [2.05, 4.69) is 192 Å². The van der Waals surface area contributed by atoms with Crippen molar-refractivity contribution in [3.63, 3.8) is 0 Å². The standard InChI is InChI=1S/C52H43NO/c1-51(2,3)38-23-20-32(21-24-38)33-18-19-34-28-42-44(30-36(34)26-33)43-29-35-22-25-39(27-37(35)31-45(42)43)53(47-15-9-8-14-46(47)52(4,5)6)48-16-11-13-41-40-12-7-10-17-49(40)54-50(41)48/h7-31H,1-6H3. The van der Waals surface area contributed by atoms with E-state index in [1.807, 2.05) is 6.07 Å². The number of fused-ring (bicyclic) bond motifs is 9. The van der Waals surface area contributed by atoms with Crippen molar-refractivity contribution >= 4 is 60.5 Å². The summed E-state index contributed by atoms with van der Waals surface area (Å²) >= 11 is 0. The summed E-state index contributed by atoms with van der Waals surface area (Å²) in [7, 11) is 0. The summed E-state index contributed by atoms with van der Waals surface area (Å²) in [5.74, 6) is 0. The van der Waals surface area contributed by atoms with E-state index in [1.54, 1.807) is 0 Å². The molecular formula is C52H43NO. The summed E-state index contributed by atoms with van der Waals surface area (Å²) in [5.41, 5.74) is 15.6. The van der Waals surface area contributed by atoms with Crippen LogP contribution < -0.4 is 4.90 Å². The largest absolute Gasteiger partial charge is 0.454 e. The van der Waals surface area contributed by atoms with E-state index >= 15 is 0 Å². The van der Waals surface area contributed by atoms with Crippen LogP contribution in [0.15, 0.2) is 156 Å². The molecule has 2 nitrogen and oxygen atoms in total. The van der Waals surface area contributed by atoms with E-state index in [-0.39, 0.29) is 10.8 Å². The third kappa shape index (κ3) is 5.16. The Kier molecular flexibility index (Phi) is 7.04. The molecule has 0 atom stereocenters. The lowest BCUT2D eigenvalue weighted by molar-refractivity contribution is 0.590. The zero-order valence-electron chi connectivity index (χ0n) is 31.8. The van der Waals surface area contributed by atoms with Gasteiger partial charge in [-0.05, 0) is 138 Å². The van der Waals surface area contributed by atoms with Gasteiger partial charge in [0.15, 0.2) is 5.58 Å². The van der Waals surface area contributed by atoms with Gasteiger partial charge in [-0.25, -0.2) is 0 Å². The number of hydrogen-bond donors (Lipinski definition) is 0. The first kappa shape index (κ1) is 32.5. The highest BCUT2D eigenvalue weighted by Gasteiger charge is 2.27. The van der Waals surface area contributed by atoms with E-state index in [4.69, 9.17) is 4.42 Å². The SMILES string of the molecule is CC(C)(C)c1ccc(-c2ccc3cc4c(cc3c2)-c2cc3ccc(N(c5ccccc5C(C)(C)C)c5cccc6c5oc5ccccc56)cc3cc2-4)cc1. The highest BCUT2D eigenvalue weighted by Crippen LogP contribution is 2.52. The fourth-order valence-corrected chi connectivity index (χ4v) is 8.51.